The Morgan fingerprint density at radius 3 is 0.861 bits per heavy atom. The zero-order valence-corrected chi connectivity index (χ0v) is 51.6. The summed E-state index contributed by atoms with van der Waals surface area (Å²) in [4.78, 5) is 38.4. The fourth-order valence-electron chi connectivity index (χ4n) is 9.00. The summed E-state index contributed by atoms with van der Waals surface area (Å²) in [6, 6.07) is 0. The fraction of sp³-hybridized carbons (Fsp3) is 0.685. The maximum Gasteiger partial charge on any atom is 0.306 e. The van der Waals surface area contributed by atoms with E-state index >= 15 is 0 Å². The highest BCUT2D eigenvalue weighted by atomic mass is 16.6. The van der Waals surface area contributed by atoms with Crippen molar-refractivity contribution in [2.45, 2.75) is 309 Å². The Morgan fingerprint density at radius 2 is 0.519 bits per heavy atom. The van der Waals surface area contributed by atoms with E-state index in [0.717, 1.165) is 103 Å². The van der Waals surface area contributed by atoms with Crippen LogP contribution in [0.3, 0.4) is 0 Å². The molecule has 0 aliphatic rings. The summed E-state index contributed by atoms with van der Waals surface area (Å²) in [6.07, 6.45) is 92.2. The molecule has 1 atom stereocenters. The van der Waals surface area contributed by atoms with Crippen molar-refractivity contribution in [3.8, 4) is 0 Å². The van der Waals surface area contributed by atoms with E-state index in [1.165, 1.54) is 154 Å². The highest BCUT2D eigenvalue weighted by Gasteiger charge is 2.19. The molecule has 0 N–H and O–H groups in total. The first-order chi connectivity index (χ1) is 39.0. The fourth-order valence-corrected chi connectivity index (χ4v) is 9.00. The molecule has 0 heterocycles. The van der Waals surface area contributed by atoms with Crippen LogP contribution in [0.15, 0.2) is 122 Å². The largest absolute Gasteiger partial charge is 0.462 e. The summed E-state index contributed by atoms with van der Waals surface area (Å²) in [5.41, 5.74) is 0. The van der Waals surface area contributed by atoms with E-state index in [2.05, 4.69) is 136 Å². The third-order valence-corrected chi connectivity index (χ3v) is 13.9. The Hall–Kier alpha value is -4.19. The van der Waals surface area contributed by atoms with Gasteiger partial charge in [-0.15, -0.1) is 0 Å². The molecule has 0 aliphatic heterocycles. The lowest BCUT2D eigenvalue weighted by atomic mass is 10.0. The second-order valence-corrected chi connectivity index (χ2v) is 21.6. The van der Waals surface area contributed by atoms with Crippen LogP contribution in [0.25, 0.3) is 0 Å². The van der Waals surface area contributed by atoms with Gasteiger partial charge in [0.2, 0.25) is 0 Å². The molecule has 0 spiro atoms. The molecule has 0 rings (SSSR count). The Morgan fingerprint density at radius 1 is 0.266 bits per heavy atom. The lowest BCUT2D eigenvalue weighted by Crippen LogP contribution is -2.30. The quantitative estimate of drug-likeness (QED) is 0.0261. The van der Waals surface area contributed by atoms with Crippen molar-refractivity contribution in [2.24, 2.45) is 0 Å². The van der Waals surface area contributed by atoms with Crippen molar-refractivity contribution in [3.63, 3.8) is 0 Å². The van der Waals surface area contributed by atoms with Crippen LogP contribution in [0.2, 0.25) is 0 Å². The predicted molar refractivity (Wildman–Crippen MR) is 343 cm³/mol. The van der Waals surface area contributed by atoms with Gasteiger partial charge in [0, 0.05) is 19.3 Å². The predicted octanol–water partition coefficient (Wildman–Crippen LogP) is 22.8. The number of unbranched alkanes of at least 4 members (excludes halogenated alkanes) is 28. The molecular formula is C73H122O6. The molecule has 0 saturated carbocycles. The number of ether oxygens (including phenoxy) is 3. The first-order valence-corrected chi connectivity index (χ1v) is 33.0. The van der Waals surface area contributed by atoms with E-state index in [4.69, 9.17) is 14.2 Å². The van der Waals surface area contributed by atoms with Crippen molar-refractivity contribution in [2.75, 3.05) is 13.2 Å². The number of hydrogen-bond donors (Lipinski definition) is 0. The van der Waals surface area contributed by atoms with Gasteiger partial charge in [0.1, 0.15) is 13.2 Å². The van der Waals surface area contributed by atoms with Crippen molar-refractivity contribution in [1.82, 2.24) is 0 Å². The molecule has 0 aromatic rings. The first kappa shape index (κ1) is 74.8. The van der Waals surface area contributed by atoms with Crippen LogP contribution < -0.4 is 0 Å². The second-order valence-electron chi connectivity index (χ2n) is 21.6. The van der Waals surface area contributed by atoms with E-state index in [1.807, 2.05) is 6.08 Å². The van der Waals surface area contributed by atoms with E-state index in [9.17, 15) is 14.4 Å². The van der Waals surface area contributed by atoms with Crippen molar-refractivity contribution in [1.29, 1.82) is 0 Å². The maximum atomic E-state index is 12.9. The summed E-state index contributed by atoms with van der Waals surface area (Å²) in [5.74, 6) is -1.01. The van der Waals surface area contributed by atoms with Crippen LogP contribution in [0, 0.1) is 0 Å². The minimum atomic E-state index is -0.829. The van der Waals surface area contributed by atoms with Crippen LogP contribution >= 0.6 is 0 Å². The molecule has 1 unspecified atom stereocenters. The van der Waals surface area contributed by atoms with Gasteiger partial charge in [-0.2, -0.15) is 0 Å². The lowest BCUT2D eigenvalue weighted by Gasteiger charge is -2.18. The van der Waals surface area contributed by atoms with Crippen molar-refractivity contribution < 1.29 is 28.6 Å². The number of carbonyl (C=O) groups excluding carboxylic acids is 3. The molecule has 450 valence electrons. The number of carbonyl (C=O) groups is 3. The minimum absolute atomic E-state index is 0.115. The first-order valence-electron chi connectivity index (χ1n) is 33.0. The SMILES string of the molecule is CC/C=C\C/C=C\C/C=C\C/C=C\C/C=C\C/C=C\CCC(=O)OC(COC(=O)CCCCCCCC/C=C\C/C=C\C/C=C\CCCCC)COC(=O)CCCCCCCCCCCCC/C=C\CCCCCCCCCC. The third-order valence-electron chi connectivity index (χ3n) is 13.9. The van der Waals surface area contributed by atoms with Crippen LogP contribution in [0.1, 0.15) is 303 Å². The second kappa shape index (κ2) is 66.3. The van der Waals surface area contributed by atoms with Gasteiger partial charge >= 0.3 is 17.9 Å². The lowest BCUT2D eigenvalue weighted by molar-refractivity contribution is -0.166. The van der Waals surface area contributed by atoms with Crippen LogP contribution in [0.5, 0.6) is 0 Å². The number of hydrogen-bond acceptors (Lipinski definition) is 6. The van der Waals surface area contributed by atoms with Crippen LogP contribution in [0.4, 0.5) is 0 Å². The summed E-state index contributed by atoms with van der Waals surface area (Å²) in [7, 11) is 0. The summed E-state index contributed by atoms with van der Waals surface area (Å²) < 4.78 is 16.9. The van der Waals surface area contributed by atoms with Gasteiger partial charge in [-0.25, -0.2) is 0 Å². The maximum absolute atomic E-state index is 12.9. The van der Waals surface area contributed by atoms with Gasteiger partial charge in [-0.1, -0.05) is 284 Å². The van der Waals surface area contributed by atoms with Gasteiger partial charge in [-0.05, 0) is 122 Å². The molecule has 0 bridgehead atoms. The molecular weight excluding hydrogens is 973 g/mol. The average Bonchev–Trinajstić information content (AvgIpc) is 3.45. The van der Waals surface area contributed by atoms with Crippen LogP contribution in [-0.4, -0.2) is 37.2 Å². The third kappa shape index (κ3) is 64.5. The molecule has 0 aromatic carbocycles. The monoisotopic (exact) mass is 1090 g/mol. The topological polar surface area (TPSA) is 78.9 Å². The zero-order chi connectivity index (χ0) is 57.1. The Labute approximate surface area is 488 Å². The van der Waals surface area contributed by atoms with Gasteiger partial charge in [0.05, 0.1) is 0 Å². The minimum Gasteiger partial charge on any atom is -0.462 e. The highest BCUT2D eigenvalue weighted by Crippen LogP contribution is 2.16. The Kier molecular flexibility index (Phi) is 62.8. The van der Waals surface area contributed by atoms with Crippen molar-refractivity contribution >= 4 is 17.9 Å². The zero-order valence-electron chi connectivity index (χ0n) is 51.6. The van der Waals surface area contributed by atoms with E-state index in [-0.39, 0.29) is 31.6 Å². The van der Waals surface area contributed by atoms with E-state index < -0.39 is 12.1 Å². The molecule has 0 aliphatic carbocycles. The number of esters is 3. The van der Waals surface area contributed by atoms with Gasteiger partial charge < -0.3 is 14.2 Å². The molecule has 6 heteroatoms. The van der Waals surface area contributed by atoms with E-state index in [0.29, 0.717) is 19.3 Å². The van der Waals surface area contributed by atoms with Gasteiger partial charge in [0.15, 0.2) is 6.10 Å². The average molecular weight is 1100 g/mol. The molecule has 0 amide bonds. The summed E-state index contributed by atoms with van der Waals surface area (Å²) >= 11 is 0. The Balaban J connectivity index is 4.48. The van der Waals surface area contributed by atoms with Crippen LogP contribution in [-0.2, 0) is 28.6 Å². The summed E-state index contributed by atoms with van der Waals surface area (Å²) in [6.45, 7) is 6.45. The standard InChI is InChI=1S/C73H122O6/c1-4-7-10-13-16-19-22-25-28-31-34-35-36-37-40-42-45-48-51-54-57-60-63-66-72(75)78-69-70(79-73(76)67-64-61-58-55-52-49-46-43-39-33-30-27-24-21-18-15-12-9-6-3)68-77-71(74)65-62-59-56-53-50-47-44-41-38-32-29-26-23-20-17-14-11-8-5-2/h9,12,17-18,20-21,26-27,29-31,34,38-39,41,43,49,52,58,61,70H,4-8,10-11,13-16,19,22-25,28,32-33,35-37,40,42,44-48,50-51,53-57,59-60,62-69H2,1-3H3/b12-9-,20-17-,21-18-,29-26-,30-27-,34-31-,41-38-,43-39-,52-49-,61-58-. The molecule has 0 aromatic heterocycles. The van der Waals surface area contributed by atoms with E-state index in [1.54, 1.807) is 0 Å². The molecule has 79 heavy (non-hydrogen) atoms. The van der Waals surface area contributed by atoms with Gasteiger partial charge in [-0.3, -0.25) is 14.4 Å². The molecule has 6 nitrogen and oxygen atoms in total. The highest BCUT2D eigenvalue weighted by molar-refractivity contribution is 5.71. The molecule has 0 saturated heterocycles. The molecule has 0 fully saturated rings. The molecule has 0 radical (unpaired) electrons. The normalized spacial score (nSPS) is 12.9. The smallest absolute Gasteiger partial charge is 0.306 e. The van der Waals surface area contributed by atoms with Gasteiger partial charge in [0.25, 0.3) is 0 Å². The number of rotatable bonds is 59. The summed E-state index contributed by atoms with van der Waals surface area (Å²) in [5, 5.41) is 0. The Bertz CT molecular complexity index is 1640. The number of allylic oxidation sites excluding steroid dienone is 20. The van der Waals surface area contributed by atoms with Crippen molar-refractivity contribution in [3.05, 3.63) is 122 Å².